The summed E-state index contributed by atoms with van der Waals surface area (Å²) in [5, 5.41) is 22.7. The van der Waals surface area contributed by atoms with Crippen molar-refractivity contribution in [2.75, 3.05) is 18.6 Å². The predicted molar refractivity (Wildman–Crippen MR) is 125 cm³/mol. The summed E-state index contributed by atoms with van der Waals surface area (Å²) in [5.74, 6) is -2.31. The number of anilines is 1. The average Bonchev–Trinajstić information content (AvgIpc) is 3.46. The third-order valence-corrected chi connectivity index (χ3v) is 7.67. The number of thiazole rings is 1. The molecule has 14 heteroatoms. The van der Waals surface area contributed by atoms with Crippen LogP contribution in [0.2, 0.25) is 0 Å². The first-order valence-corrected chi connectivity index (χ1v) is 12.3. The van der Waals surface area contributed by atoms with Crippen LogP contribution in [0.1, 0.15) is 11.3 Å². The van der Waals surface area contributed by atoms with Gasteiger partial charge < -0.3 is 25.8 Å². The van der Waals surface area contributed by atoms with Crippen molar-refractivity contribution in [1.29, 1.82) is 0 Å². The fraction of sp³-hybridized carbons (Fsp3) is 0.238. The average molecular weight is 514 g/mol. The Bertz CT molecular complexity index is 1410. The summed E-state index contributed by atoms with van der Waals surface area (Å²) in [6.07, 6.45) is 3.98. The number of nitrogens with one attached hydrogen (secondary N) is 2. The molecule has 5 heterocycles. The first-order chi connectivity index (χ1) is 16.9. The number of oxime groups is 1. The largest absolute Gasteiger partial charge is 0.543 e. The number of rotatable bonds is 7. The quantitative estimate of drug-likeness (QED) is 0.153. The van der Waals surface area contributed by atoms with Gasteiger partial charge in [-0.1, -0.05) is 9.67 Å². The number of amides is 2. The first-order valence-electron chi connectivity index (χ1n) is 10.4. The second-order valence-corrected chi connectivity index (χ2v) is 9.72. The summed E-state index contributed by atoms with van der Waals surface area (Å²) in [5.41, 5.74) is 7.91. The normalized spacial score (nSPS) is 20.0. The number of nitrogens with zero attached hydrogens (tertiary/aromatic N) is 4. The van der Waals surface area contributed by atoms with Gasteiger partial charge in [-0.05, 0) is 11.6 Å². The molecule has 2 atom stereocenters. The maximum absolute atomic E-state index is 13.0. The van der Waals surface area contributed by atoms with Gasteiger partial charge in [0.1, 0.15) is 24.2 Å². The van der Waals surface area contributed by atoms with Gasteiger partial charge in [-0.2, -0.15) is 5.10 Å². The maximum Gasteiger partial charge on any atom is 0.276 e. The van der Waals surface area contributed by atoms with Crippen molar-refractivity contribution in [2.45, 2.75) is 17.8 Å². The summed E-state index contributed by atoms with van der Waals surface area (Å²) >= 11 is 2.50. The lowest BCUT2D eigenvalue weighted by molar-refractivity contribution is -0.576. The van der Waals surface area contributed by atoms with E-state index in [9.17, 15) is 19.5 Å². The SMILES string of the molecule is CO/N=C(\C(=O)N[C@@H]1C(=O)N2C(C(=O)[O-])=C(Cc3c[nH][n+]4ccccc34)CS[C@H]12)c1csc(N)n1. The minimum absolute atomic E-state index is 0.138. The zero-order valence-electron chi connectivity index (χ0n) is 18.3. The van der Waals surface area contributed by atoms with Crippen molar-refractivity contribution < 1.29 is 28.8 Å². The molecule has 3 aromatic rings. The highest BCUT2D eigenvalue weighted by molar-refractivity contribution is 8.00. The molecule has 0 saturated carbocycles. The van der Waals surface area contributed by atoms with E-state index >= 15 is 0 Å². The van der Waals surface area contributed by atoms with Crippen molar-refractivity contribution >= 4 is 57.2 Å². The lowest BCUT2D eigenvalue weighted by Crippen LogP contribution is -2.71. The molecule has 2 amide bonds. The standard InChI is InChI=1S/C21H19N7O5S2/c1-33-26-14(12-9-35-21(22)24-12)17(29)25-15-18(30)28-16(20(31)32)11(8-34-19(15)28)6-10-7-23-27-5-3-2-4-13(10)27/h2-5,7,9,15,19H,6,8H2,1H3,(H4,22,24,25,29,31,32)/b26-14-/t15-,19-/m1/s1. The van der Waals surface area contributed by atoms with Gasteiger partial charge in [-0.3, -0.25) is 14.5 Å². The number of nitrogens with two attached hydrogens (primary N) is 1. The summed E-state index contributed by atoms with van der Waals surface area (Å²) in [4.78, 5) is 47.9. The molecule has 0 unspecified atom stereocenters. The fourth-order valence-corrected chi connectivity index (χ4v) is 6.01. The van der Waals surface area contributed by atoms with Crippen LogP contribution in [0.25, 0.3) is 5.52 Å². The number of thioether (sulfide) groups is 1. The molecule has 2 aliphatic heterocycles. The van der Waals surface area contributed by atoms with Crippen LogP contribution in [0, 0.1) is 0 Å². The molecule has 1 saturated heterocycles. The van der Waals surface area contributed by atoms with Crippen LogP contribution >= 0.6 is 23.1 Å². The van der Waals surface area contributed by atoms with Crippen LogP contribution in [-0.2, 0) is 25.6 Å². The molecule has 0 spiro atoms. The van der Waals surface area contributed by atoms with Gasteiger partial charge in [-0.15, -0.1) is 23.1 Å². The Kier molecular flexibility index (Phi) is 5.90. The zero-order chi connectivity index (χ0) is 24.7. The third kappa shape index (κ3) is 4.00. The van der Waals surface area contributed by atoms with E-state index in [1.165, 1.54) is 23.8 Å². The number of carbonyl (C=O) groups excluding carboxylic acids is 3. The molecule has 1 fully saturated rings. The number of H-pyrrole nitrogens is 1. The minimum atomic E-state index is -1.43. The Morgan fingerprint density at radius 1 is 1.46 bits per heavy atom. The maximum atomic E-state index is 13.0. The summed E-state index contributed by atoms with van der Waals surface area (Å²) < 4.78 is 1.82. The van der Waals surface area contributed by atoms with Crippen LogP contribution in [-0.4, -0.2) is 62.8 Å². The van der Waals surface area contributed by atoms with E-state index in [0.717, 1.165) is 22.4 Å². The summed E-state index contributed by atoms with van der Waals surface area (Å²) in [6.45, 7) is 0. The van der Waals surface area contributed by atoms with Gasteiger partial charge >= 0.3 is 0 Å². The number of nitrogen functional groups attached to an aromatic ring is 1. The molecule has 0 aliphatic carbocycles. The molecular weight excluding hydrogens is 494 g/mol. The van der Waals surface area contributed by atoms with Crippen LogP contribution in [0.4, 0.5) is 5.13 Å². The van der Waals surface area contributed by atoms with Crippen molar-refractivity contribution in [2.24, 2.45) is 5.16 Å². The first kappa shape index (κ1) is 22.9. The van der Waals surface area contributed by atoms with E-state index in [1.807, 2.05) is 28.9 Å². The molecule has 5 rings (SSSR count). The van der Waals surface area contributed by atoms with Gasteiger partial charge in [0.25, 0.3) is 11.8 Å². The molecule has 2 aliphatic rings. The molecule has 0 bridgehead atoms. The third-order valence-electron chi connectivity index (χ3n) is 5.66. The van der Waals surface area contributed by atoms with E-state index in [4.69, 9.17) is 10.6 Å². The van der Waals surface area contributed by atoms with Crippen LogP contribution in [0.3, 0.4) is 0 Å². The van der Waals surface area contributed by atoms with E-state index in [1.54, 1.807) is 11.6 Å². The van der Waals surface area contributed by atoms with Gasteiger partial charge in [0.05, 0.1) is 23.4 Å². The number of pyridine rings is 1. The van der Waals surface area contributed by atoms with Crippen molar-refractivity contribution in [1.82, 2.24) is 20.3 Å². The monoisotopic (exact) mass is 513 g/mol. The van der Waals surface area contributed by atoms with Crippen LogP contribution < -0.4 is 20.7 Å². The van der Waals surface area contributed by atoms with Crippen molar-refractivity contribution in [3.05, 3.63) is 58.5 Å². The predicted octanol–water partition coefficient (Wildman–Crippen LogP) is -1.21. The van der Waals surface area contributed by atoms with Crippen LogP contribution in [0.15, 0.2) is 52.4 Å². The number of hydrogen-bond donors (Lipinski definition) is 3. The number of aliphatic carboxylic acids is 1. The number of β-lactam (4-membered cyclic amide) rings is 1. The number of carbonyl (C=O) groups is 3. The molecule has 0 radical (unpaired) electrons. The van der Waals surface area contributed by atoms with E-state index in [-0.39, 0.29) is 22.2 Å². The minimum Gasteiger partial charge on any atom is -0.543 e. The number of carboxylic acids is 1. The topological polar surface area (TPSA) is 170 Å². The van der Waals surface area contributed by atoms with Crippen LogP contribution in [0.5, 0.6) is 0 Å². The molecule has 35 heavy (non-hydrogen) atoms. The molecule has 4 N–H and O–H groups in total. The molecular formula is C21H19N7O5S2. The second kappa shape index (κ2) is 9.03. The lowest BCUT2D eigenvalue weighted by Gasteiger charge is -2.50. The smallest absolute Gasteiger partial charge is 0.276 e. The number of hydrogen-bond acceptors (Lipinski definition) is 10. The fourth-order valence-electron chi connectivity index (χ4n) is 4.12. The van der Waals surface area contributed by atoms with Gasteiger partial charge in [-0.25, -0.2) is 4.98 Å². The Labute approximate surface area is 206 Å². The Morgan fingerprint density at radius 3 is 3.00 bits per heavy atom. The Balaban J connectivity index is 1.37. The van der Waals surface area contributed by atoms with Crippen molar-refractivity contribution in [3.63, 3.8) is 0 Å². The summed E-state index contributed by atoms with van der Waals surface area (Å²) in [6, 6.07) is 4.74. The second-order valence-electron chi connectivity index (χ2n) is 7.73. The molecule has 3 aromatic heterocycles. The summed E-state index contributed by atoms with van der Waals surface area (Å²) in [7, 11) is 1.28. The number of aromatic amines is 1. The number of aromatic nitrogens is 3. The number of carboxylic acid groups (broad SMARTS) is 1. The highest BCUT2D eigenvalue weighted by Gasteiger charge is 2.53. The Hall–Kier alpha value is -3.91. The number of fused-ring (bicyclic) bond motifs is 2. The molecule has 12 nitrogen and oxygen atoms in total. The lowest BCUT2D eigenvalue weighted by atomic mass is 9.99. The molecule has 0 aromatic carbocycles. The highest BCUT2D eigenvalue weighted by Crippen LogP contribution is 2.41. The van der Waals surface area contributed by atoms with E-state index < -0.39 is 29.2 Å². The van der Waals surface area contributed by atoms with Gasteiger partial charge in [0, 0.05) is 29.7 Å². The zero-order valence-corrected chi connectivity index (χ0v) is 19.9. The Morgan fingerprint density at radius 2 is 2.29 bits per heavy atom. The van der Waals surface area contributed by atoms with Crippen molar-refractivity contribution in [3.8, 4) is 0 Å². The van der Waals surface area contributed by atoms with Gasteiger partial charge in [0.15, 0.2) is 17.0 Å². The molecule has 180 valence electrons. The van der Waals surface area contributed by atoms with E-state index in [0.29, 0.717) is 17.7 Å². The van der Waals surface area contributed by atoms with Gasteiger partial charge in [0.2, 0.25) is 5.52 Å². The highest BCUT2D eigenvalue weighted by atomic mass is 32.2. The van der Waals surface area contributed by atoms with E-state index in [2.05, 4.69) is 20.6 Å².